The predicted molar refractivity (Wildman–Crippen MR) is 88.1 cm³/mol. The molecule has 3 aliphatic rings. The lowest BCUT2D eigenvalue weighted by molar-refractivity contribution is 0.285. The van der Waals surface area contributed by atoms with E-state index >= 15 is 0 Å². The maximum Gasteiger partial charge on any atom is 0.214 e. The van der Waals surface area contributed by atoms with Crippen LogP contribution in [0.2, 0.25) is 0 Å². The second-order valence-corrected chi connectivity index (χ2v) is 8.88. The number of sulfonamides is 1. The van der Waals surface area contributed by atoms with Crippen LogP contribution >= 0.6 is 0 Å². The molecule has 1 aromatic carbocycles. The van der Waals surface area contributed by atoms with Crippen LogP contribution in [0.1, 0.15) is 44.1 Å². The van der Waals surface area contributed by atoms with Gasteiger partial charge in [-0.1, -0.05) is 41.5 Å². The molecule has 0 N–H and O–H groups in total. The number of aryl methyl sites for hydroxylation is 1. The van der Waals surface area contributed by atoms with Crippen molar-refractivity contribution in [1.29, 1.82) is 0 Å². The van der Waals surface area contributed by atoms with E-state index in [1.807, 2.05) is 34.6 Å². The minimum absolute atomic E-state index is 0.239. The van der Waals surface area contributed by atoms with E-state index in [2.05, 4.69) is 0 Å². The Kier molecular flexibility index (Phi) is 3.61. The van der Waals surface area contributed by atoms with Crippen molar-refractivity contribution in [1.82, 2.24) is 4.31 Å². The standard InChI is InChI=1S/C18H23NO2S/c20-22(21,11-10-14-4-2-1-3-5-14)19-17-8-9-18(19)13-16(12-17)15-6-7-15/h1-5,17-18H,6-13H2. The number of benzene rings is 1. The molecular formula is C18H23NO2S. The van der Waals surface area contributed by atoms with Crippen molar-refractivity contribution in [2.24, 2.45) is 0 Å². The van der Waals surface area contributed by atoms with Gasteiger partial charge in [-0.3, -0.25) is 0 Å². The number of nitrogens with zero attached hydrogens (tertiary/aromatic N) is 1. The molecule has 22 heavy (non-hydrogen) atoms. The Bertz CT molecular complexity index is 671. The molecule has 2 heterocycles. The van der Waals surface area contributed by atoms with E-state index in [0.29, 0.717) is 6.42 Å². The van der Waals surface area contributed by atoms with Crippen molar-refractivity contribution in [2.75, 3.05) is 5.75 Å². The summed E-state index contributed by atoms with van der Waals surface area (Å²) in [5.74, 6) is 0.246. The number of piperidine rings is 1. The van der Waals surface area contributed by atoms with Crippen molar-refractivity contribution in [3.63, 3.8) is 0 Å². The fourth-order valence-electron chi connectivity index (χ4n) is 4.13. The first-order valence-corrected chi connectivity index (χ1v) is 9.99. The van der Waals surface area contributed by atoms with Gasteiger partial charge in [-0.2, -0.15) is 4.31 Å². The molecule has 118 valence electrons. The van der Waals surface area contributed by atoms with E-state index < -0.39 is 10.0 Å². The first-order chi connectivity index (χ1) is 10.6. The maximum absolute atomic E-state index is 12.8. The van der Waals surface area contributed by atoms with Crippen LogP contribution in [0.25, 0.3) is 0 Å². The summed E-state index contributed by atoms with van der Waals surface area (Å²) in [5, 5.41) is 0. The third-order valence-corrected chi connectivity index (χ3v) is 7.29. The van der Waals surface area contributed by atoms with E-state index in [-0.39, 0.29) is 17.8 Å². The monoisotopic (exact) mass is 317 g/mol. The molecule has 0 aromatic heterocycles. The number of rotatable bonds is 4. The van der Waals surface area contributed by atoms with Gasteiger partial charge in [-0.25, -0.2) is 8.42 Å². The van der Waals surface area contributed by atoms with Gasteiger partial charge in [0.2, 0.25) is 10.0 Å². The first kappa shape index (κ1) is 14.5. The lowest BCUT2D eigenvalue weighted by Crippen LogP contribution is -2.45. The average molecular weight is 317 g/mol. The normalized spacial score (nSPS) is 28.2. The zero-order chi connectivity index (χ0) is 15.2. The SMILES string of the molecule is O=S(=O)(CCc1ccccc1)N1C2CCC1CC(=C1CC1)C2. The van der Waals surface area contributed by atoms with Crippen molar-refractivity contribution in [3.8, 4) is 0 Å². The van der Waals surface area contributed by atoms with Gasteiger partial charge in [0.15, 0.2) is 0 Å². The Hall–Kier alpha value is -1.13. The Morgan fingerprint density at radius 1 is 0.955 bits per heavy atom. The molecule has 3 nitrogen and oxygen atoms in total. The minimum Gasteiger partial charge on any atom is -0.212 e. The first-order valence-electron chi connectivity index (χ1n) is 8.38. The minimum atomic E-state index is -3.14. The Morgan fingerprint density at radius 2 is 1.59 bits per heavy atom. The average Bonchev–Trinajstić information content (AvgIpc) is 3.32. The van der Waals surface area contributed by atoms with Crippen molar-refractivity contribution < 1.29 is 8.42 Å². The summed E-state index contributed by atoms with van der Waals surface area (Å²) in [5.41, 5.74) is 4.32. The van der Waals surface area contributed by atoms with Crippen LogP contribution < -0.4 is 0 Å². The molecule has 4 rings (SSSR count). The lowest BCUT2D eigenvalue weighted by Gasteiger charge is -2.35. The third kappa shape index (κ3) is 2.74. The van der Waals surface area contributed by atoms with Gasteiger partial charge in [0, 0.05) is 12.1 Å². The summed E-state index contributed by atoms with van der Waals surface area (Å²) in [4.78, 5) is 0. The van der Waals surface area contributed by atoms with Gasteiger partial charge in [0.25, 0.3) is 0 Å². The Morgan fingerprint density at radius 3 is 2.18 bits per heavy atom. The molecule has 2 unspecified atom stereocenters. The van der Waals surface area contributed by atoms with Gasteiger partial charge in [-0.15, -0.1) is 0 Å². The number of allylic oxidation sites excluding steroid dienone is 1. The Balaban J connectivity index is 1.48. The van der Waals surface area contributed by atoms with Gasteiger partial charge in [0.1, 0.15) is 0 Å². The van der Waals surface area contributed by atoms with E-state index in [0.717, 1.165) is 31.2 Å². The van der Waals surface area contributed by atoms with E-state index in [4.69, 9.17) is 0 Å². The summed E-state index contributed by atoms with van der Waals surface area (Å²) >= 11 is 0. The number of fused-ring (bicyclic) bond motifs is 2. The van der Waals surface area contributed by atoms with Crippen molar-refractivity contribution >= 4 is 10.0 Å². The Labute approximate surface area is 133 Å². The fraction of sp³-hybridized carbons (Fsp3) is 0.556. The number of hydrogen-bond acceptors (Lipinski definition) is 2. The highest BCUT2D eigenvalue weighted by Gasteiger charge is 2.45. The van der Waals surface area contributed by atoms with Crippen LogP contribution in [-0.4, -0.2) is 30.6 Å². The molecule has 2 bridgehead atoms. The van der Waals surface area contributed by atoms with Gasteiger partial charge in [-0.05, 0) is 50.5 Å². The quantitative estimate of drug-likeness (QED) is 0.799. The molecule has 2 saturated heterocycles. The van der Waals surface area contributed by atoms with E-state index in [9.17, 15) is 8.42 Å². The third-order valence-electron chi connectivity index (χ3n) is 5.33. The van der Waals surface area contributed by atoms with Gasteiger partial charge < -0.3 is 0 Å². The van der Waals surface area contributed by atoms with Crippen LogP contribution in [-0.2, 0) is 16.4 Å². The number of hydrogen-bond donors (Lipinski definition) is 0. The molecule has 0 spiro atoms. The highest BCUT2D eigenvalue weighted by atomic mass is 32.2. The smallest absolute Gasteiger partial charge is 0.212 e. The summed E-state index contributed by atoms with van der Waals surface area (Å²) < 4.78 is 27.5. The molecule has 3 fully saturated rings. The van der Waals surface area contributed by atoms with E-state index in [1.165, 1.54) is 12.8 Å². The lowest BCUT2D eigenvalue weighted by atomic mass is 9.98. The highest BCUT2D eigenvalue weighted by Crippen LogP contribution is 2.45. The molecule has 2 atom stereocenters. The van der Waals surface area contributed by atoms with Crippen molar-refractivity contribution in [3.05, 3.63) is 47.0 Å². The van der Waals surface area contributed by atoms with Gasteiger partial charge >= 0.3 is 0 Å². The van der Waals surface area contributed by atoms with Crippen LogP contribution in [0, 0.1) is 0 Å². The molecule has 0 amide bonds. The van der Waals surface area contributed by atoms with Crippen LogP contribution in [0.4, 0.5) is 0 Å². The van der Waals surface area contributed by atoms with Crippen LogP contribution in [0.15, 0.2) is 41.5 Å². The molecule has 1 aromatic rings. The van der Waals surface area contributed by atoms with E-state index in [1.54, 1.807) is 11.1 Å². The summed E-state index contributed by atoms with van der Waals surface area (Å²) in [6.07, 6.45) is 7.23. The topological polar surface area (TPSA) is 37.4 Å². The zero-order valence-electron chi connectivity index (χ0n) is 12.9. The largest absolute Gasteiger partial charge is 0.214 e. The second kappa shape index (κ2) is 5.50. The molecule has 1 aliphatic carbocycles. The van der Waals surface area contributed by atoms with Crippen molar-refractivity contribution in [2.45, 2.75) is 57.0 Å². The maximum atomic E-state index is 12.8. The molecule has 1 saturated carbocycles. The molecular weight excluding hydrogens is 294 g/mol. The molecule has 4 heteroatoms. The predicted octanol–water partition coefficient (Wildman–Crippen LogP) is 3.28. The molecule has 2 aliphatic heterocycles. The zero-order valence-corrected chi connectivity index (χ0v) is 13.7. The summed E-state index contributed by atoms with van der Waals surface area (Å²) in [6.45, 7) is 0. The van der Waals surface area contributed by atoms with Crippen LogP contribution in [0.3, 0.4) is 0 Å². The van der Waals surface area contributed by atoms with Gasteiger partial charge in [0.05, 0.1) is 5.75 Å². The summed E-state index contributed by atoms with van der Waals surface area (Å²) in [7, 11) is -3.14. The summed E-state index contributed by atoms with van der Waals surface area (Å²) in [6, 6.07) is 10.4. The highest BCUT2D eigenvalue weighted by molar-refractivity contribution is 7.89. The van der Waals surface area contributed by atoms with Crippen LogP contribution in [0.5, 0.6) is 0 Å². The molecule has 0 radical (unpaired) electrons. The fourth-order valence-corrected chi connectivity index (χ4v) is 6.10. The second-order valence-electron chi connectivity index (χ2n) is 6.88.